The number of benzene rings is 2. The molecule has 1 heterocycles. The van der Waals surface area contributed by atoms with E-state index in [4.69, 9.17) is 16.0 Å². The maximum absolute atomic E-state index is 12.4. The maximum Gasteiger partial charge on any atom is 0.277 e. The van der Waals surface area contributed by atoms with Crippen LogP contribution in [0.4, 0.5) is 0 Å². The molecule has 24 heavy (non-hydrogen) atoms. The first-order valence-electron chi connectivity index (χ1n) is 7.09. The van der Waals surface area contributed by atoms with Gasteiger partial charge in [0, 0.05) is 20.6 Å². The van der Waals surface area contributed by atoms with Crippen molar-refractivity contribution in [2.75, 3.05) is 0 Å². The molecule has 1 aromatic heterocycles. The number of aromatic nitrogens is 2. The Labute approximate surface area is 156 Å². The van der Waals surface area contributed by atoms with Crippen LogP contribution >= 0.6 is 39.3 Å². The van der Waals surface area contributed by atoms with Gasteiger partial charge in [0.15, 0.2) is 5.78 Å². The summed E-state index contributed by atoms with van der Waals surface area (Å²) < 4.78 is 6.56. The lowest BCUT2D eigenvalue weighted by Crippen LogP contribution is -2.13. The van der Waals surface area contributed by atoms with Crippen molar-refractivity contribution in [2.24, 2.45) is 0 Å². The average Bonchev–Trinajstić information content (AvgIpc) is 3.03. The molecule has 0 fully saturated rings. The van der Waals surface area contributed by atoms with Crippen LogP contribution in [0.5, 0.6) is 0 Å². The lowest BCUT2D eigenvalue weighted by molar-refractivity contribution is 0.0993. The van der Waals surface area contributed by atoms with Gasteiger partial charge in [0.05, 0.1) is 5.25 Å². The van der Waals surface area contributed by atoms with Gasteiger partial charge in [0.1, 0.15) is 0 Å². The van der Waals surface area contributed by atoms with Gasteiger partial charge in [-0.25, -0.2) is 0 Å². The van der Waals surface area contributed by atoms with Gasteiger partial charge in [-0.3, -0.25) is 4.79 Å². The molecule has 0 saturated heterocycles. The van der Waals surface area contributed by atoms with E-state index in [1.807, 2.05) is 31.2 Å². The maximum atomic E-state index is 12.4. The molecule has 7 heteroatoms. The van der Waals surface area contributed by atoms with Crippen LogP contribution in [-0.2, 0) is 0 Å². The summed E-state index contributed by atoms with van der Waals surface area (Å²) in [5, 5.41) is 8.62. The molecule has 1 atom stereocenters. The summed E-state index contributed by atoms with van der Waals surface area (Å²) in [6.07, 6.45) is 0. The first-order chi connectivity index (χ1) is 11.5. The fourth-order valence-electron chi connectivity index (χ4n) is 2.05. The van der Waals surface area contributed by atoms with Crippen LogP contribution in [0.2, 0.25) is 5.02 Å². The van der Waals surface area contributed by atoms with Gasteiger partial charge in [-0.05, 0) is 37.3 Å². The van der Waals surface area contributed by atoms with Crippen molar-refractivity contribution in [3.8, 4) is 11.5 Å². The Hall–Kier alpha value is -1.63. The number of nitrogens with zero attached hydrogens (tertiary/aromatic N) is 2. The van der Waals surface area contributed by atoms with Gasteiger partial charge >= 0.3 is 0 Å². The molecule has 0 saturated carbocycles. The molecule has 3 rings (SSSR count). The van der Waals surface area contributed by atoms with Crippen LogP contribution in [0.25, 0.3) is 11.5 Å². The second-order valence-corrected chi connectivity index (χ2v) is 7.66. The Kier molecular flexibility index (Phi) is 5.38. The van der Waals surface area contributed by atoms with Gasteiger partial charge < -0.3 is 4.42 Å². The number of carbonyl (C=O) groups is 1. The average molecular weight is 424 g/mol. The van der Waals surface area contributed by atoms with Crippen molar-refractivity contribution in [1.29, 1.82) is 0 Å². The Morgan fingerprint density at radius 1 is 1.21 bits per heavy atom. The molecule has 0 aliphatic rings. The van der Waals surface area contributed by atoms with Crippen molar-refractivity contribution in [3.05, 3.63) is 63.6 Å². The largest absolute Gasteiger partial charge is 0.411 e. The summed E-state index contributed by atoms with van der Waals surface area (Å²) in [5.74, 6) is 0.387. The zero-order chi connectivity index (χ0) is 17.1. The molecule has 2 aromatic carbocycles. The predicted molar refractivity (Wildman–Crippen MR) is 98.5 cm³/mol. The van der Waals surface area contributed by atoms with Crippen LogP contribution < -0.4 is 0 Å². The number of hydrogen-bond donors (Lipinski definition) is 0. The highest BCUT2D eigenvalue weighted by Crippen LogP contribution is 2.28. The second kappa shape index (κ2) is 7.51. The van der Waals surface area contributed by atoms with Crippen LogP contribution in [0.3, 0.4) is 0 Å². The summed E-state index contributed by atoms with van der Waals surface area (Å²) in [5.41, 5.74) is 1.39. The summed E-state index contributed by atoms with van der Waals surface area (Å²) >= 11 is 10.6. The van der Waals surface area contributed by atoms with Crippen LogP contribution in [0, 0.1) is 0 Å². The SMILES string of the molecule is C[C@H](Sc1nnc(-c2cccc(Cl)c2)o1)C(=O)c1ccc(Br)cc1. The fraction of sp³-hybridized carbons (Fsp3) is 0.118. The van der Waals surface area contributed by atoms with Crippen LogP contribution in [0.15, 0.2) is 62.6 Å². The predicted octanol–water partition coefficient (Wildman–Crippen LogP) is 5.52. The third kappa shape index (κ3) is 4.06. The zero-order valence-corrected chi connectivity index (χ0v) is 15.7. The number of halogens is 2. The lowest BCUT2D eigenvalue weighted by Gasteiger charge is -2.07. The monoisotopic (exact) mass is 422 g/mol. The summed E-state index contributed by atoms with van der Waals surface area (Å²) in [7, 11) is 0. The van der Waals surface area contributed by atoms with Crippen molar-refractivity contribution >= 4 is 45.1 Å². The number of ketones is 1. The molecule has 0 radical (unpaired) electrons. The minimum Gasteiger partial charge on any atom is -0.411 e. The molecular weight excluding hydrogens is 412 g/mol. The number of Topliss-reactive ketones (excluding diaryl/α,β-unsaturated/α-hetero) is 1. The van der Waals surface area contributed by atoms with Gasteiger partial charge in [-0.1, -0.05) is 57.5 Å². The van der Waals surface area contributed by atoms with E-state index in [0.717, 1.165) is 10.0 Å². The van der Waals surface area contributed by atoms with E-state index in [1.165, 1.54) is 11.8 Å². The number of thioether (sulfide) groups is 1. The van der Waals surface area contributed by atoms with Crippen molar-refractivity contribution in [1.82, 2.24) is 10.2 Å². The molecular formula is C17H12BrClN2O2S. The van der Waals surface area contributed by atoms with Gasteiger partial charge in [-0.15, -0.1) is 10.2 Å². The van der Waals surface area contributed by atoms with Crippen molar-refractivity contribution in [2.45, 2.75) is 17.4 Å². The van der Waals surface area contributed by atoms with E-state index in [2.05, 4.69) is 26.1 Å². The van der Waals surface area contributed by atoms with E-state index >= 15 is 0 Å². The summed E-state index contributed by atoms with van der Waals surface area (Å²) in [6.45, 7) is 1.82. The van der Waals surface area contributed by atoms with Crippen LogP contribution in [-0.4, -0.2) is 21.2 Å². The smallest absolute Gasteiger partial charge is 0.277 e. The van der Waals surface area contributed by atoms with E-state index in [1.54, 1.807) is 24.3 Å². The Balaban J connectivity index is 1.72. The summed E-state index contributed by atoms with van der Waals surface area (Å²) in [4.78, 5) is 12.4. The molecule has 0 aliphatic carbocycles. The third-order valence-corrected chi connectivity index (χ3v) is 4.95. The van der Waals surface area contributed by atoms with Crippen LogP contribution in [0.1, 0.15) is 17.3 Å². The fourth-order valence-corrected chi connectivity index (χ4v) is 3.26. The third-order valence-electron chi connectivity index (χ3n) is 3.25. The molecule has 122 valence electrons. The molecule has 0 bridgehead atoms. The highest BCUT2D eigenvalue weighted by atomic mass is 79.9. The number of carbonyl (C=O) groups excluding carboxylic acids is 1. The first kappa shape index (κ1) is 17.2. The summed E-state index contributed by atoms with van der Waals surface area (Å²) in [6, 6.07) is 14.4. The highest BCUT2D eigenvalue weighted by molar-refractivity contribution is 9.10. The Morgan fingerprint density at radius 2 is 1.96 bits per heavy atom. The molecule has 4 nitrogen and oxygen atoms in total. The standard InChI is InChI=1S/C17H12BrClN2O2S/c1-10(15(22)11-5-7-13(18)8-6-11)24-17-21-20-16(23-17)12-3-2-4-14(19)9-12/h2-10H,1H3/t10-/m0/s1. The molecule has 0 aliphatic heterocycles. The molecule has 0 spiro atoms. The van der Waals surface area contributed by atoms with Crippen molar-refractivity contribution < 1.29 is 9.21 Å². The lowest BCUT2D eigenvalue weighted by atomic mass is 10.1. The van der Waals surface area contributed by atoms with Crippen molar-refractivity contribution in [3.63, 3.8) is 0 Å². The highest BCUT2D eigenvalue weighted by Gasteiger charge is 2.20. The minimum atomic E-state index is -0.334. The zero-order valence-electron chi connectivity index (χ0n) is 12.6. The van der Waals surface area contributed by atoms with E-state index in [-0.39, 0.29) is 11.0 Å². The Bertz CT molecular complexity index is 867. The minimum absolute atomic E-state index is 0.00926. The van der Waals surface area contributed by atoms with E-state index in [9.17, 15) is 4.79 Å². The van der Waals surface area contributed by atoms with E-state index in [0.29, 0.717) is 21.7 Å². The normalized spacial score (nSPS) is 12.1. The second-order valence-electron chi connectivity index (χ2n) is 5.01. The molecule has 0 unspecified atom stereocenters. The Morgan fingerprint density at radius 3 is 2.67 bits per heavy atom. The topological polar surface area (TPSA) is 56.0 Å². The number of hydrogen-bond acceptors (Lipinski definition) is 5. The van der Waals surface area contributed by atoms with Gasteiger partial charge in [0.2, 0.25) is 5.89 Å². The quantitative estimate of drug-likeness (QED) is 0.400. The molecule has 3 aromatic rings. The molecule has 0 N–H and O–H groups in total. The molecule has 0 amide bonds. The first-order valence-corrected chi connectivity index (χ1v) is 9.14. The van der Waals surface area contributed by atoms with Gasteiger partial charge in [0.25, 0.3) is 5.22 Å². The van der Waals surface area contributed by atoms with E-state index < -0.39 is 0 Å². The van der Waals surface area contributed by atoms with Gasteiger partial charge in [-0.2, -0.15) is 0 Å². The number of rotatable bonds is 5.